The molecule has 3 aliphatic heterocycles. The number of imide groups is 1. The van der Waals surface area contributed by atoms with Crippen LogP contribution in [-0.2, 0) is 16.1 Å². The van der Waals surface area contributed by atoms with Crippen LogP contribution in [0.5, 0.6) is 5.75 Å². The third kappa shape index (κ3) is 5.28. The molecular formula is C28H34N4O4. The number of piperidine rings is 1. The van der Waals surface area contributed by atoms with Gasteiger partial charge in [0.15, 0.2) is 0 Å². The van der Waals surface area contributed by atoms with Gasteiger partial charge in [0, 0.05) is 49.9 Å². The Morgan fingerprint density at radius 2 is 1.83 bits per heavy atom. The van der Waals surface area contributed by atoms with Crippen molar-refractivity contribution in [3.05, 3.63) is 58.9 Å². The molecule has 3 fully saturated rings. The number of aromatic nitrogens is 1. The number of fused-ring (bicyclic) bond motifs is 1. The molecule has 0 spiro atoms. The summed E-state index contributed by atoms with van der Waals surface area (Å²) in [6.45, 7) is 4.78. The monoisotopic (exact) mass is 490 g/mol. The van der Waals surface area contributed by atoms with Gasteiger partial charge in [-0.3, -0.25) is 24.7 Å². The van der Waals surface area contributed by atoms with Gasteiger partial charge < -0.3 is 15.0 Å². The van der Waals surface area contributed by atoms with Crippen molar-refractivity contribution in [3.63, 3.8) is 0 Å². The van der Waals surface area contributed by atoms with Crippen molar-refractivity contribution in [1.29, 1.82) is 0 Å². The van der Waals surface area contributed by atoms with E-state index in [0.29, 0.717) is 18.5 Å². The Morgan fingerprint density at radius 3 is 2.53 bits per heavy atom. The molecule has 2 saturated heterocycles. The van der Waals surface area contributed by atoms with Gasteiger partial charge in [-0.05, 0) is 80.0 Å². The van der Waals surface area contributed by atoms with Crippen molar-refractivity contribution in [1.82, 2.24) is 20.5 Å². The Hall–Kier alpha value is -3.26. The number of hydrogen-bond acceptors (Lipinski definition) is 6. The summed E-state index contributed by atoms with van der Waals surface area (Å²) in [6.07, 6.45) is 10.6. The summed E-state index contributed by atoms with van der Waals surface area (Å²) in [5.74, 6) is 0.736. The van der Waals surface area contributed by atoms with Crippen LogP contribution in [0.2, 0.25) is 0 Å². The van der Waals surface area contributed by atoms with Gasteiger partial charge >= 0.3 is 0 Å². The molecule has 4 aliphatic rings. The first-order chi connectivity index (χ1) is 17.5. The second-order valence-electron chi connectivity index (χ2n) is 10.2. The predicted octanol–water partition coefficient (Wildman–Crippen LogP) is 3.24. The second-order valence-corrected chi connectivity index (χ2v) is 10.2. The van der Waals surface area contributed by atoms with E-state index in [9.17, 15) is 14.4 Å². The lowest BCUT2D eigenvalue weighted by Gasteiger charge is -2.29. The summed E-state index contributed by atoms with van der Waals surface area (Å²) >= 11 is 0. The molecule has 8 nitrogen and oxygen atoms in total. The number of carbonyl (C=O) groups is 3. The molecule has 1 unspecified atom stereocenters. The van der Waals surface area contributed by atoms with E-state index in [-0.39, 0.29) is 30.2 Å². The van der Waals surface area contributed by atoms with Crippen molar-refractivity contribution in [2.45, 2.75) is 76.5 Å². The highest BCUT2D eigenvalue weighted by Gasteiger charge is 2.39. The van der Waals surface area contributed by atoms with Crippen LogP contribution in [0.25, 0.3) is 0 Å². The largest absolute Gasteiger partial charge is 0.490 e. The van der Waals surface area contributed by atoms with E-state index < -0.39 is 6.04 Å². The van der Waals surface area contributed by atoms with Crippen LogP contribution in [0.3, 0.4) is 0 Å². The van der Waals surface area contributed by atoms with E-state index in [0.717, 1.165) is 43.2 Å². The van der Waals surface area contributed by atoms with Gasteiger partial charge in [0.2, 0.25) is 11.8 Å². The van der Waals surface area contributed by atoms with Gasteiger partial charge in [-0.1, -0.05) is 6.42 Å². The van der Waals surface area contributed by atoms with E-state index in [1.165, 1.54) is 30.4 Å². The maximum absolute atomic E-state index is 12.6. The third-order valence-corrected chi connectivity index (χ3v) is 7.63. The van der Waals surface area contributed by atoms with Gasteiger partial charge in [-0.25, -0.2) is 0 Å². The molecule has 3 amide bonds. The van der Waals surface area contributed by atoms with E-state index in [4.69, 9.17) is 4.74 Å². The summed E-state index contributed by atoms with van der Waals surface area (Å²) < 4.78 is 6.08. The number of aryl methyl sites for hydroxylation is 1. The van der Waals surface area contributed by atoms with Gasteiger partial charge in [0.25, 0.3) is 5.91 Å². The topological polar surface area (TPSA) is 101 Å². The van der Waals surface area contributed by atoms with Crippen molar-refractivity contribution in [2.24, 2.45) is 0 Å². The number of ether oxygens (including phenoxy) is 1. The van der Waals surface area contributed by atoms with Crippen molar-refractivity contribution in [3.8, 4) is 5.75 Å². The maximum Gasteiger partial charge on any atom is 0.255 e. The molecule has 8 heteroatoms. The highest BCUT2D eigenvalue weighted by Crippen LogP contribution is 2.31. The number of rotatable bonds is 4. The minimum Gasteiger partial charge on any atom is -0.490 e. The molecule has 1 aliphatic carbocycles. The molecule has 36 heavy (non-hydrogen) atoms. The summed E-state index contributed by atoms with van der Waals surface area (Å²) in [5, 5.41) is 5.59. The third-order valence-electron chi connectivity index (χ3n) is 7.63. The summed E-state index contributed by atoms with van der Waals surface area (Å²) in [6, 6.07) is 7.12. The Bertz CT molecular complexity index is 1140. The highest BCUT2D eigenvalue weighted by atomic mass is 16.5. The molecule has 2 N–H and O–H groups in total. The van der Waals surface area contributed by atoms with Crippen molar-refractivity contribution in [2.75, 3.05) is 13.1 Å². The van der Waals surface area contributed by atoms with Crippen LogP contribution in [0.4, 0.5) is 0 Å². The second kappa shape index (κ2) is 10.8. The molecule has 1 saturated carbocycles. The Kier molecular flexibility index (Phi) is 7.32. The number of nitrogens with one attached hydrogen (secondary N) is 2. The summed E-state index contributed by atoms with van der Waals surface area (Å²) in [5.41, 5.74) is 4.29. The maximum atomic E-state index is 12.6. The molecule has 190 valence electrons. The molecule has 0 bridgehead atoms. The summed E-state index contributed by atoms with van der Waals surface area (Å²) in [7, 11) is 0. The lowest BCUT2D eigenvalue weighted by molar-refractivity contribution is -0.136. The molecule has 1 aromatic heterocycles. The average molecular weight is 491 g/mol. The van der Waals surface area contributed by atoms with Crippen LogP contribution in [0.1, 0.15) is 77.9 Å². The zero-order valence-electron chi connectivity index (χ0n) is 20.8. The number of carbonyl (C=O) groups excluding carboxylic acids is 3. The molecule has 2 aromatic rings. The molecule has 1 aromatic carbocycles. The number of pyridine rings is 1. The first kappa shape index (κ1) is 24.4. The Labute approximate surface area is 211 Å². The fourth-order valence-corrected chi connectivity index (χ4v) is 5.45. The Morgan fingerprint density at radius 1 is 1.03 bits per heavy atom. The normalized spacial score (nSPS) is 22.3. The zero-order chi connectivity index (χ0) is 25.1. The fourth-order valence-electron chi connectivity index (χ4n) is 5.45. The number of benzene rings is 1. The van der Waals surface area contributed by atoms with E-state index in [2.05, 4.69) is 28.6 Å². The minimum absolute atomic E-state index is 0.145. The van der Waals surface area contributed by atoms with Gasteiger partial charge in [0.1, 0.15) is 11.8 Å². The van der Waals surface area contributed by atoms with Crippen LogP contribution in [0.15, 0.2) is 36.7 Å². The van der Waals surface area contributed by atoms with Crippen LogP contribution >= 0.6 is 0 Å². The lowest BCUT2D eigenvalue weighted by atomic mass is 9.92. The smallest absolute Gasteiger partial charge is 0.255 e. The van der Waals surface area contributed by atoms with Gasteiger partial charge in [-0.2, -0.15) is 0 Å². The molecule has 4 heterocycles. The SMILES string of the molecule is Cc1cnccc1C1CNC1.O=C1CCC(N2Cc3cc(OC4CCCCC4)ccc3C2=O)C(=O)N1. The standard InChI is InChI=1S/C19H22N2O4.C9H12N2/c22-17-9-8-16(18(23)20-17)21-11-12-10-14(6-7-15(12)19(21)24)25-13-4-2-1-3-5-13;1-7-4-10-3-2-9(7)8-5-11-6-8/h6-7,10,13,16H,1-5,8-9,11H2,(H,20,22,23);2-4,8,11H,5-6H2,1H3. The van der Waals surface area contributed by atoms with Gasteiger partial charge in [-0.15, -0.1) is 0 Å². The summed E-state index contributed by atoms with van der Waals surface area (Å²) in [4.78, 5) is 41.7. The number of nitrogens with zero attached hydrogens (tertiary/aromatic N) is 2. The van der Waals surface area contributed by atoms with Gasteiger partial charge in [0.05, 0.1) is 6.10 Å². The van der Waals surface area contributed by atoms with Crippen molar-refractivity contribution >= 4 is 17.7 Å². The number of hydrogen-bond donors (Lipinski definition) is 2. The highest BCUT2D eigenvalue weighted by molar-refractivity contribution is 6.05. The number of amides is 3. The molecule has 1 atom stereocenters. The van der Waals surface area contributed by atoms with Crippen LogP contribution in [-0.4, -0.2) is 52.8 Å². The molecule has 0 radical (unpaired) electrons. The van der Waals surface area contributed by atoms with Crippen LogP contribution in [0, 0.1) is 6.92 Å². The van der Waals surface area contributed by atoms with Crippen molar-refractivity contribution < 1.29 is 19.1 Å². The van der Waals surface area contributed by atoms with Crippen LogP contribution < -0.4 is 15.4 Å². The van der Waals surface area contributed by atoms with E-state index in [1.54, 1.807) is 11.0 Å². The Balaban J connectivity index is 0.000000202. The zero-order valence-corrected chi connectivity index (χ0v) is 20.8. The van der Waals surface area contributed by atoms with E-state index >= 15 is 0 Å². The first-order valence-electron chi connectivity index (χ1n) is 13.0. The lowest BCUT2D eigenvalue weighted by Crippen LogP contribution is -2.52. The molecule has 6 rings (SSSR count). The predicted molar refractivity (Wildman–Crippen MR) is 135 cm³/mol. The average Bonchev–Trinajstić information content (AvgIpc) is 3.16. The molecular weight excluding hydrogens is 456 g/mol. The first-order valence-corrected chi connectivity index (χ1v) is 13.0. The van der Waals surface area contributed by atoms with E-state index in [1.807, 2.05) is 24.5 Å². The minimum atomic E-state index is -0.569. The fraction of sp³-hybridized carbons (Fsp3) is 0.500. The quantitative estimate of drug-likeness (QED) is 0.639.